The second-order valence-corrected chi connectivity index (χ2v) is 3.05. The highest BCUT2D eigenvalue weighted by Gasteiger charge is 2.23. The number of rotatable bonds is 3. The fourth-order valence-electron chi connectivity index (χ4n) is 1.15. The predicted molar refractivity (Wildman–Crippen MR) is 48.5 cm³/mol. The summed E-state index contributed by atoms with van der Waals surface area (Å²) < 4.78 is 0. The first-order valence-electron chi connectivity index (χ1n) is 4.10. The molecular weight excluding hydrogens is 186 g/mol. The van der Waals surface area contributed by atoms with Crippen molar-refractivity contribution in [2.24, 2.45) is 5.73 Å². The van der Waals surface area contributed by atoms with E-state index in [-0.39, 0.29) is 6.42 Å². The Bertz CT molecular complexity index is 319. The molecule has 2 atom stereocenters. The van der Waals surface area contributed by atoms with E-state index in [1.54, 1.807) is 0 Å². The lowest BCUT2D eigenvalue weighted by Crippen LogP contribution is -2.34. The Kier molecular flexibility index (Phi) is 3.16. The number of aliphatic hydroxyl groups excluding tert-OH is 1. The van der Waals surface area contributed by atoms with Gasteiger partial charge in [-0.15, -0.1) is 0 Å². The van der Waals surface area contributed by atoms with Crippen molar-refractivity contribution in [1.82, 2.24) is 0 Å². The number of carbonyl (C=O) groups is 2. The first-order valence-corrected chi connectivity index (χ1v) is 4.10. The third-order valence-electron chi connectivity index (χ3n) is 1.96. The molecule has 0 aliphatic heterocycles. The lowest BCUT2D eigenvalue weighted by molar-refractivity contribution is -0.138. The van der Waals surface area contributed by atoms with Crippen molar-refractivity contribution in [1.29, 1.82) is 0 Å². The van der Waals surface area contributed by atoms with E-state index in [4.69, 9.17) is 10.8 Å². The smallest absolute Gasteiger partial charge is 0.320 e. The molecule has 0 aromatic carbocycles. The third-order valence-corrected chi connectivity index (χ3v) is 1.96. The summed E-state index contributed by atoms with van der Waals surface area (Å²) in [4.78, 5) is 21.4. The summed E-state index contributed by atoms with van der Waals surface area (Å²) in [6, 6.07) is -1.09. The number of aliphatic carboxylic acids is 1. The largest absolute Gasteiger partial charge is 0.480 e. The average molecular weight is 197 g/mol. The number of aliphatic hydroxyl groups is 1. The molecule has 5 heteroatoms. The lowest BCUT2D eigenvalue weighted by atomic mass is 9.95. The maximum Gasteiger partial charge on any atom is 0.320 e. The van der Waals surface area contributed by atoms with Crippen LogP contribution < -0.4 is 5.73 Å². The zero-order chi connectivity index (χ0) is 10.7. The van der Waals surface area contributed by atoms with E-state index in [1.165, 1.54) is 18.2 Å². The van der Waals surface area contributed by atoms with Gasteiger partial charge in [-0.25, -0.2) is 0 Å². The van der Waals surface area contributed by atoms with Gasteiger partial charge in [0.25, 0.3) is 0 Å². The summed E-state index contributed by atoms with van der Waals surface area (Å²) in [7, 11) is 0. The predicted octanol–water partition coefficient (Wildman–Crippen LogP) is -0.785. The highest BCUT2D eigenvalue weighted by Crippen LogP contribution is 2.15. The monoisotopic (exact) mass is 197 g/mol. The molecule has 76 valence electrons. The molecular formula is C9H11NO4. The van der Waals surface area contributed by atoms with Gasteiger partial charge in [0.15, 0.2) is 5.78 Å². The quantitative estimate of drug-likeness (QED) is 0.550. The van der Waals surface area contributed by atoms with Crippen molar-refractivity contribution in [3.05, 3.63) is 23.8 Å². The van der Waals surface area contributed by atoms with Crippen LogP contribution >= 0.6 is 0 Å². The fraction of sp³-hybridized carbons (Fsp3) is 0.333. The molecule has 0 aromatic heterocycles. The summed E-state index contributed by atoms with van der Waals surface area (Å²) >= 11 is 0. The van der Waals surface area contributed by atoms with E-state index >= 15 is 0 Å². The van der Waals surface area contributed by atoms with Crippen LogP contribution in [0.2, 0.25) is 0 Å². The SMILES string of the molecule is NC(CC1=CC=CC(=O)C1O)C(=O)O. The van der Waals surface area contributed by atoms with Gasteiger partial charge < -0.3 is 15.9 Å². The van der Waals surface area contributed by atoms with E-state index in [9.17, 15) is 14.7 Å². The van der Waals surface area contributed by atoms with Crippen LogP contribution in [-0.4, -0.2) is 34.1 Å². The molecule has 0 bridgehead atoms. The van der Waals surface area contributed by atoms with Gasteiger partial charge in [0.05, 0.1) is 0 Å². The van der Waals surface area contributed by atoms with Crippen LogP contribution in [0.15, 0.2) is 23.8 Å². The van der Waals surface area contributed by atoms with Crippen LogP contribution in [0.4, 0.5) is 0 Å². The van der Waals surface area contributed by atoms with Crippen molar-refractivity contribution in [2.75, 3.05) is 0 Å². The van der Waals surface area contributed by atoms with Gasteiger partial charge in [-0.05, 0) is 18.1 Å². The second kappa shape index (κ2) is 4.17. The number of carboxylic acids is 1. The van der Waals surface area contributed by atoms with Gasteiger partial charge >= 0.3 is 5.97 Å². The van der Waals surface area contributed by atoms with Gasteiger partial charge in [-0.3, -0.25) is 9.59 Å². The van der Waals surface area contributed by atoms with E-state index in [0.29, 0.717) is 5.57 Å². The minimum atomic E-state index is -1.25. The summed E-state index contributed by atoms with van der Waals surface area (Å²) in [6.45, 7) is 0. The molecule has 1 aliphatic carbocycles. The Morgan fingerprint density at radius 1 is 1.64 bits per heavy atom. The Morgan fingerprint density at radius 2 is 2.29 bits per heavy atom. The first kappa shape index (κ1) is 10.6. The molecule has 0 saturated carbocycles. The number of carbonyl (C=O) groups excluding carboxylic acids is 1. The van der Waals surface area contributed by atoms with Crippen LogP contribution in [-0.2, 0) is 9.59 Å². The number of hydrogen-bond acceptors (Lipinski definition) is 4. The standard InChI is InChI=1S/C9H11NO4/c10-6(9(13)14)4-5-2-1-3-7(11)8(5)12/h1-3,6,8,12H,4,10H2,(H,13,14). The Balaban J connectivity index is 2.69. The van der Waals surface area contributed by atoms with Crippen molar-refractivity contribution < 1.29 is 19.8 Å². The first-order chi connectivity index (χ1) is 6.52. The van der Waals surface area contributed by atoms with E-state index in [2.05, 4.69) is 0 Å². The summed E-state index contributed by atoms with van der Waals surface area (Å²) in [5.41, 5.74) is 5.61. The summed E-state index contributed by atoms with van der Waals surface area (Å²) in [5.74, 6) is -1.60. The molecule has 5 nitrogen and oxygen atoms in total. The number of ketones is 1. The van der Waals surface area contributed by atoms with Crippen LogP contribution in [0.3, 0.4) is 0 Å². The number of allylic oxidation sites excluding steroid dienone is 2. The second-order valence-electron chi connectivity index (χ2n) is 3.05. The molecule has 0 heterocycles. The summed E-state index contributed by atoms with van der Waals surface area (Å²) in [5, 5.41) is 17.9. The Labute approximate surface area is 80.5 Å². The van der Waals surface area contributed by atoms with Crippen molar-refractivity contribution in [3.8, 4) is 0 Å². The van der Waals surface area contributed by atoms with Crippen LogP contribution in [0.5, 0.6) is 0 Å². The lowest BCUT2D eigenvalue weighted by Gasteiger charge is -2.16. The molecule has 1 aliphatic rings. The van der Waals surface area contributed by atoms with Crippen molar-refractivity contribution in [3.63, 3.8) is 0 Å². The Hall–Kier alpha value is -1.46. The van der Waals surface area contributed by atoms with Gasteiger partial charge in [0.2, 0.25) is 0 Å². The third kappa shape index (κ3) is 2.27. The maximum atomic E-state index is 11.0. The van der Waals surface area contributed by atoms with Gasteiger partial charge in [-0.2, -0.15) is 0 Å². The minimum absolute atomic E-state index is 0.0213. The summed E-state index contributed by atoms with van der Waals surface area (Å²) in [6.07, 6.45) is 2.95. The molecule has 0 amide bonds. The number of nitrogens with two attached hydrogens (primary N) is 1. The van der Waals surface area contributed by atoms with Crippen LogP contribution in [0, 0.1) is 0 Å². The number of carboxylic acid groups (broad SMARTS) is 1. The van der Waals surface area contributed by atoms with E-state index < -0.39 is 23.9 Å². The fourth-order valence-corrected chi connectivity index (χ4v) is 1.15. The highest BCUT2D eigenvalue weighted by molar-refractivity contribution is 5.97. The number of hydrogen-bond donors (Lipinski definition) is 3. The van der Waals surface area contributed by atoms with E-state index in [1.807, 2.05) is 0 Å². The van der Waals surface area contributed by atoms with E-state index in [0.717, 1.165) is 0 Å². The zero-order valence-corrected chi connectivity index (χ0v) is 7.38. The zero-order valence-electron chi connectivity index (χ0n) is 7.38. The molecule has 0 aromatic rings. The van der Waals surface area contributed by atoms with Gasteiger partial charge in [0, 0.05) is 0 Å². The Morgan fingerprint density at radius 3 is 2.86 bits per heavy atom. The van der Waals surface area contributed by atoms with Gasteiger partial charge in [0.1, 0.15) is 12.1 Å². The molecule has 0 radical (unpaired) electrons. The molecule has 2 unspecified atom stereocenters. The molecule has 0 fully saturated rings. The minimum Gasteiger partial charge on any atom is -0.480 e. The van der Waals surface area contributed by atoms with Gasteiger partial charge in [-0.1, -0.05) is 12.2 Å². The molecule has 1 rings (SSSR count). The van der Waals surface area contributed by atoms with Crippen molar-refractivity contribution >= 4 is 11.8 Å². The molecule has 0 saturated heterocycles. The maximum absolute atomic E-state index is 11.0. The molecule has 14 heavy (non-hydrogen) atoms. The molecule has 0 spiro atoms. The molecule has 4 N–H and O–H groups in total. The van der Waals surface area contributed by atoms with Crippen molar-refractivity contribution in [2.45, 2.75) is 18.6 Å². The highest BCUT2D eigenvalue weighted by atomic mass is 16.4. The van der Waals surface area contributed by atoms with Crippen LogP contribution in [0.25, 0.3) is 0 Å². The topological polar surface area (TPSA) is 101 Å². The average Bonchev–Trinajstić information content (AvgIpc) is 2.12. The van der Waals surface area contributed by atoms with Crippen LogP contribution in [0.1, 0.15) is 6.42 Å². The normalized spacial score (nSPS) is 23.1.